The van der Waals surface area contributed by atoms with Crippen molar-refractivity contribution < 1.29 is 9.59 Å². The number of allylic oxidation sites excluding steroid dienone is 8. The summed E-state index contributed by atoms with van der Waals surface area (Å²) in [6, 6.07) is 0. The minimum atomic E-state index is 0.163. The van der Waals surface area contributed by atoms with E-state index in [4.69, 9.17) is 0 Å². The third-order valence-electron chi connectivity index (χ3n) is 8.44. The van der Waals surface area contributed by atoms with E-state index in [-0.39, 0.29) is 11.8 Å². The largest absolute Gasteiger partial charge is 0.355 e. The molecular weight excluding hydrogens is 592 g/mol. The highest BCUT2D eigenvalue weighted by molar-refractivity contribution is 5.76. The van der Waals surface area contributed by atoms with E-state index in [0.29, 0.717) is 25.9 Å². The maximum Gasteiger partial charge on any atom is 0.220 e. The summed E-state index contributed by atoms with van der Waals surface area (Å²) in [6.07, 6.45) is 46.1. The molecule has 0 fully saturated rings. The smallest absolute Gasteiger partial charge is 0.220 e. The summed E-state index contributed by atoms with van der Waals surface area (Å²) >= 11 is 0. The van der Waals surface area contributed by atoms with Gasteiger partial charge in [0.25, 0.3) is 0 Å². The second kappa shape index (κ2) is 41.0. The van der Waals surface area contributed by atoms with Crippen LogP contribution in [0.25, 0.3) is 0 Å². The summed E-state index contributed by atoms with van der Waals surface area (Å²) in [6.45, 7) is 9.09. The number of unbranched alkanes of at least 4 members (excludes halogenated alkanes) is 16. The molecule has 0 aliphatic rings. The molecule has 4 N–H and O–H groups in total. The summed E-state index contributed by atoms with van der Waals surface area (Å²) in [7, 11) is 0. The van der Waals surface area contributed by atoms with Crippen LogP contribution >= 0.6 is 0 Å². The maximum atomic E-state index is 12.0. The normalized spacial score (nSPS) is 12.0. The van der Waals surface area contributed by atoms with Crippen LogP contribution in [0.15, 0.2) is 48.6 Å². The van der Waals surface area contributed by atoms with E-state index in [0.717, 1.165) is 64.7 Å². The molecule has 0 saturated heterocycles. The van der Waals surface area contributed by atoms with Gasteiger partial charge in [0, 0.05) is 52.1 Å². The van der Waals surface area contributed by atoms with Crippen LogP contribution in [-0.4, -0.2) is 51.1 Å². The van der Waals surface area contributed by atoms with Gasteiger partial charge >= 0.3 is 0 Å². The fraction of sp³-hybridized carbons (Fsp3) is 0.762. The first-order valence-corrected chi connectivity index (χ1v) is 20.3. The molecule has 0 rings (SSSR count). The Morgan fingerprint density at radius 3 is 1.06 bits per heavy atom. The van der Waals surface area contributed by atoms with Crippen LogP contribution in [0.4, 0.5) is 0 Å². The lowest BCUT2D eigenvalue weighted by atomic mass is 10.1. The van der Waals surface area contributed by atoms with Gasteiger partial charge in [0.05, 0.1) is 0 Å². The van der Waals surface area contributed by atoms with Gasteiger partial charge in [-0.2, -0.15) is 0 Å². The van der Waals surface area contributed by atoms with Crippen molar-refractivity contribution in [3.63, 3.8) is 0 Å². The Morgan fingerprint density at radius 2 is 0.688 bits per heavy atom. The Bertz CT molecular complexity index is 739. The molecule has 6 nitrogen and oxygen atoms in total. The van der Waals surface area contributed by atoms with E-state index in [1.54, 1.807) is 0 Å². The lowest BCUT2D eigenvalue weighted by Gasteiger charge is -2.09. The maximum absolute atomic E-state index is 12.0. The van der Waals surface area contributed by atoms with Crippen molar-refractivity contribution in [2.24, 2.45) is 0 Å². The third kappa shape index (κ3) is 40.0. The van der Waals surface area contributed by atoms with Crippen molar-refractivity contribution in [1.82, 2.24) is 21.3 Å². The molecule has 0 aliphatic carbocycles. The van der Waals surface area contributed by atoms with Crippen LogP contribution in [0.1, 0.15) is 168 Å². The fourth-order valence-electron chi connectivity index (χ4n) is 5.38. The molecule has 0 aromatic carbocycles. The zero-order valence-electron chi connectivity index (χ0n) is 31.6. The molecule has 0 aliphatic heterocycles. The Morgan fingerprint density at radius 1 is 0.375 bits per heavy atom. The molecule has 0 heterocycles. The van der Waals surface area contributed by atoms with Gasteiger partial charge in [-0.1, -0.05) is 127 Å². The standard InChI is InChI=1S/C42H78N4O2/c1-3-5-7-9-11-13-15-17-19-21-23-25-27-29-31-33-41(47)45-39-37-43-35-36-44-38-40-46-42(48)34-32-30-28-26-24-22-20-18-16-14-12-10-8-6-4-2/h11-14,17-20,43-44H,3-10,15-16,21-40H2,1-2H3,(H,45,47)(H,46,48). The highest BCUT2D eigenvalue weighted by Crippen LogP contribution is 2.09. The van der Waals surface area contributed by atoms with Crippen molar-refractivity contribution in [1.29, 1.82) is 0 Å². The van der Waals surface area contributed by atoms with E-state index in [9.17, 15) is 9.59 Å². The molecule has 0 spiro atoms. The number of carbonyl (C=O) groups is 2. The van der Waals surface area contributed by atoms with Crippen molar-refractivity contribution in [2.45, 2.75) is 168 Å². The van der Waals surface area contributed by atoms with Gasteiger partial charge in [-0.15, -0.1) is 0 Å². The summed E-state index contributed by atoms with van der Waals surface area (Å²) in [5.74, 6) is 0.326. The Kier molecular flexibility index (Phi) is 39.1. The molecule has 0 atom stereocenters. The average molecular weight is 671 g/mol. The van der Waals surface area contributed by atoms with Gasteiger partial charge in [-0.25, -0.2) is 0 Å². The SMILES string of the molecule is CCCCCC=CCC=CCCCCCCCC(=O)NCCNCCNCCNC(=O)CCCCCCCC=CCC=CCCCCC. The number of hydrogen-bond donors (Lipinski definition) is 4. The van der Waals surface area contributed by atoms with Gasteiger partial charge in [0.1, 0.15) is 0 Å². The molecule has 278 valence electrons. The van der Waals surface area contributed by atoms with E-state index >= 15 is 0 Å². The average Bonchev–Trinajstić information content (AvgIpc) is 3.09. The minimum Gasteiger partial charge on any atom is -0.355 e. The van der Waals surface area contributed by atoms with Crippen LogP contribution < -0.4 is 21.3 Å². The highest BCUT2D eigenvalue weighted by Gasteiger charge is 2.01. The van der Waals surface area contributed by atoms with Crippen LogP contribution in [0.5, 0.6) is 0 Å². The topological polar surface area (TPSA) is 82.3 Å². The fourth-order valence-corrected chi connectivity index (χ4v) is 5.38. The van der Waals surface area contributed by atoms with Gasteiger partial charge < -0.3 is 21.3 Å². The van der Waals surface area contributed by atoms with Gasteiger partial charge in [-0.05, 0) is 77.0 Å². The van der Waals surface area contributed by atoms with Crippen molar-refractivity contribution in [3.05, 3.63) is 48.6 Å². The van der Waals surface area contributed by atoms with E-state index in [1.165, 1.54) is 103 Å². The highest BCUT2D eigenvalue weighted by atomic mass is 16.2. The van der Waals surface area contributed by atoms with Crippen molar-refractivity contribution in [2.75, 3.05) is 39.3 Å². The zero-order valence-corrected chi connectivity index (χ0v) is 31.6. The summed E-state index contributed by atoms with van der Waals surface area (Å²) in [5, 5.41) is 12.7. The first-order valence-electron chi connectivity index (χ1n) is 20.3. The predicted octanol–water partition coefficient (Wildman–Crippen LogP) is 10.0. The van der Waals surface area contributed by atoms with Crippen LogP contribution in [0, 0.1) is 0 Å². The van der Waals surface area contributed by atoms with Crippen LogP contribution in [0.3, 0.4) is 0 Å². The Balaban J connectivity index is 3.33. The van der Waals surface area contributed by atoms with Gasteiger partial charge in [0.15, 0.2) is 0 Å². The van der Waals surface area contributed by atoms with E-state index in [2.05, 4.69) is 83.7 Å². The van der Waals surface area contributed by atoms with E-state index < -0.39 is 0 Å². The number of nitrogens with one attached hydrogen (secondary N) is 4. The third-order valence-corrected chi connectivity index (χ3v) is 8.44. The van der Waals surface area contributed by atoms with Crippen LogP contribution in [0.2, 0.25) is 0 Å². The Hall–Kier alpha value is -2.18. The second-order valence-corrected chi connectivity index (χ2v) is 13.2. The van der Waals surface area contributed by atoms with Gasteiger partial charge in [-0.3, -0.25) is 9.59 Å². The second-order valence-electron chi connectivity index (χ2n) is 13.2. The molecule has 0 bridgehead atoms. The first kappa shape index (κ1) is 45.8. The first-order chi connectivity index (χ1) is 23.7. The number of carbonyl (C=O) groups excluding carboxylic acids is 2. The molecule has 0 radical (unpaired) electrons. The molecule has 0 aromatic heterocycles. The summed E-state index contributed by atoms with van der Waals surface area (Å²) in [5.41, 5.74) is 0. The molecule has 0 aromatic rings. The van der Waals surface area contributed by atoms with E-state index in [1.807, 2.05) is 0 Å². The number of rotatable bonds is 37. The van der Waals surface area contributed by atoms with Gasteiger partial charge in [0.2, 0.25) is 11.8 Å². The molecule has 6 heteroatoms. The number of amides is 2. The summed E-state index contributed by atoms with van der Waals surface area (Å²) < 4.78 is 0. The lowest BCUT2D eigenvalue weighted by Crippen LogP contribution is -2.37. The Labute approximate surface area is 297 Å². The molecule has 2 amide bonds. The quantitative estimate of drug-likeness (QED) is 0.0392. The lowest BCUT2D eigenvalue weighted by molar-refractivity contribution is -0.122. The summed E-state index contributed by atoms with van der Waals surface area (Å²) in [4.78, 5) is 24.1. The minimum absolute atomic E-state index is 0.163. The monoisotopic (exact) mass is 671 g/mol. The van der Waals surface area contributed by atoms with Crippen molar-refractivity contribution in [3.8, 4) is 0 Å². The molecule has 0 unspecified atom stereocenters. The van der Waals surface area contributed by atoms with Crippen LogP contribution in [-0.2, 0) is 9.59 Å². The molecule has 48 heavy (non-hydrogen) atoms. The molecular formula is C42H78N4O2. The number of hydrogen-bond acceptors (Lipinski definition) is 4. The zero-order chi connectivity index (χ0) is 34.9. The van der Waals surface area contributed by atoms with Crippen molar-refractivity contribution >= 4 is 11.8 Å². The predicted molar refractivity (Wildman–Crippen MR) is 210 cm³/mol. The molecule has 0 saturated carbocycles.